The molecule has 2 aromatic heterocycles. The number of aromatic nitrogens is 3. The van der Waals surface area contributed by atoms with Crippen molar-refractivity contribution in [1.82, 2.24) is 15.1 Å². The van der Waals surface area contributed by atoms with Crippen LogP contribution in [0.5, 0.6) is 23.3 Å². The molecule has 1 aromatic carbocycles. The summed E-state index contributed by atoms with van der Waals surface area (Å²) in [4.78, 5) is 7.34. The fraction of sp³-hybridized carbons (Fsp3) is 0.133. The molecular formula is C15H10F3N3O3. The van der Waals surface area contributed by atoms with Gasteiger partial charge in [0, 0.05) is 12.4 Å². The van der Waals surface area contributed by atoms with Crippen molar-refractivity contribution in [2.24, 2.45) is 0 Å². The average molecular weight is 337 g/mol. The van der Waals surface area contributed by atoms with Crippen LogP contribution in [0.15, 0.2) is 47.2 Å². The Bertz CT molecular complexity index is 832. The van der Waals surface area contributed by atoms with E-state index < -0.39 is 11.7 Å². The molecule has 0 spiro atoms. The predicted molar refractivity (Wildman–Crippen MR) is 74.9 cm³/mol. The van der Waals surface area contributed by atoms with E-state index in [-0.39, 0.29) is 17.6 Å². The van der Waals surface area contributed by atoms with E-state index in [0.717, 1.165) is 6.07 Å². The molecule has 3 aromatic rings. The number of nitrogens with zero attached hydrogens (tertiary/aromatic N) is 3. The fourth-order valence-corrected chi connectivity index (χ4v) is 1.81. The van der Waals surface area contributed by atoms with Crippen LogP contribution in [0.1, 0.15) is 11.4 Å². The molecule has 0 bridgehead atoms. The highest BCUT2D eigenvalue weighted by molar-refractivity contribution is 5.39. The Kier molecular flexibility index (Phi) is 4.07. The van der Waals surface area contributed by atoms with Crippen molar-refractivity contribution in [2.45, 2.75) is 13.1 Å². The molecule has 6 nitrogen and oxygen atoms in total. The third-order valence-corrected chi connectivity index (χ3v) is 2.85. The summed E-state index contributed by atoms with van der Waals surface area (Å²) in [7, 11) is 0. The molecule has 9 heteroatoms. The zero-order valence-corrected chi connectivity index (χ0v) is 12.2. The molecule has 0 aliphatic rings. The summed E-state index contributed by atoms with van der Waals surface area (Å²) in [6.07, 6.45) is -2.65. The third-order valence-electron chi connectivity index (χ3n) is 2.85. The largest absolute Gasteiger partial charge is 0.457 e. The van der Waals surface area contributed by atoms with Gasteiger partial charge in [-0.3, -0.25) is 9.51 Å². The minimum atomic E-state index is -4.55. The second-order valence-electron chi connectivity index (χ2n) is 4.65. The normalized spacial score (nSPS) is 11.3. The predicted octanol–water partition coefficient (Wildman–Crippen LogP) is 4.38. The van der Waals surface area contributed by atoms with E-state index in [1.165, 1.54) is 30.5 Å². The second kappa shape index (κ2) is 6.19. The number of ether oxygens (including phenoxy) is 2. The molecule has 0 N–H and O–H groups in total. The maximum atomic E-state index is 12.9. The Hall–Kier alpha value is -3.10. The smallest absolute Gasteiger partial charge is 0.422 e. The molecule has 0 radical (unpaired) electrons. The molecule has 0 saturated carbocycles. The molecule has 2 heterocycles. The molecule has 0 fully saturated rings. The maximum Gasteiger partial charge on any atom is 0.422 e. The summed E-state index contributed by atoms with van der Waals surface area (Å²) in [6, 6.07) is 7.07. The van der Waals surface area contributed by atoms with Crippen molar-refractivity contribution in [1.29, 1.82) is 0 Å². The highest BCUT2D eigenvalue weighted by atomic mass is 19.4. The van der Waals surface area contributed by atoms with Crippen molar-refractivity contribution in [3.05, 3.63) is 54.1 Å². The van der Waals surface area contributed by atoms with Gasteiger partial charge >= 0.3 is 12.3 Å². The lowest BCUT2D eigenvalue weighted by atomic mass is 10.2. The Morgan fingerprint density at radius 1 is 1.00 bits per heavy atom. The first-order chi connectivity index (χ1) is 11.4. The summed E-state index contributed by atoms with van der Waals surface area (Å²) in [5.74, 6) is 0.665. The van der Waals surface area contributed by atoms with E-state index >= 15 is 0 Å². The minimum absolute atomic E-state index is 0.0327. The third kappa shape index (κ3) is 3.62. The lowest BCUT2D eigenvalue weighted by Gasteiger charge is -2.13. The SMILES string of the molecule is Cc1noc(Oc2ccc(Oc3ccncc3C(F)(F)F)cc2)n1. The summed E-state index contributed by atoms with van der Waals surface area (Å²) in [6.45, 7) is 1.64. The zero-order chi connectivity index (χ0) is 17.2. The molecule has 0 aliphatic carbocycles. The van der Waals surface area contributed by atoms with Crippen molar-refractivity contribution < 1.29 is 27.2 Å². The van der Waals surface area contributed by atoms with Gasteiger partial charge in [-0.2, -0.15) is 18.2 Å². The highest BCUT2D eigenvalue weighted by Gasteiger charge is 2.34. The van der Waals surface area contributed by atoms with E-state index in [2.05, 4.69) is 15.1 Å². The van der Waals surface area contributed by atoms with Gasteiger partial charge in [-0.25, -0.2) is 0 Å². The first-order valence-corrected chi connectivity index (χ1v) is 6.69. The summed E-state index contributed by atoms with van der Waals surface area (Å²) >= 11 is 0. The van der Waals surface area contributed by atoms with Gasteiger partial charge in [-0.1, -0.05) is 5.16 Å². The van der Waals surface area contributed by atoms with E-state index in [9.17, 15) is 13.2 Å². The van der Waals surface area contributed by atoms with Gasteiger partial charge in [0.05, 0.1) is 0 Å². The monoisotopic (exact) mass is 337 g/mol. The van der Waals surface area contributed by atoms with Crippen LogP contribution in [0.25, 0.3) is 0 Å². The minimum Gasteiger partial charge on any atom is -0.457 e. The molecule has 0 atom stereocenters. The second-order valence-corrected chi connectivity index (χ2v) is 4.65. The summed E-state index contributed by atoms with van der Waals surface area (Å²) < 4.78 is 54.1. The first-order valence-electron chi connectivity index (χ1n) is 6.69. The first kappa shape index (κ1) is 15.8. The lowest BCUT2D eigenvalue weighted by molar-refractivity contribution is -0.138. The quantitative estimate of drug-likeness (QED) is 0.704. The van der Waals surface area contributed by atoms with Gasteiger partial charge in [-0.05, 0) is 37.3 Å². The molecule has 24 heavy (non-hydrogen) atoms. The Balaban J connectivity index is 1.75. The molecule has 0 amide bonds. The zero-order valence-electron chi connectivity index (χ0n) is 12.2. The maximum absolute atomic E-state index is 12.9. The van der Waals surface area contributed by atoms with Gasteiger partial charge < -0.3 is 9.47 Å². The van der Waals surface area contributed by atoms with Crippen LogP contribution < -0.4 is 9.47 Å². The van der Waals surface area contributed by atoms with Crippen molar-refractivity contribution in [3.8, 4) is 23.3 Å². The molecule has 3 rings (SSSR count). The number of benzene rings is 1. The Morgan fingerprint density at radius 2 is 1.67 bits per heavy atom. The number of alkyl halides is 3. The summed E-state index contributed by atoms with van der Waals surface area (Å²) in [5.41, 5.74) is -0.952. The number of halogens is 3. The Morgan fingerprint density at radius 3 is 2.25 bits per heavy atom. The Labute approximate surface area is 133 Å². The average Bonchev–Trinajstić information content (AvgIpc) is 2.94. The van der Waals surface area contributed by atoms with E-state index in [0.29, 0.717) is 17.8 Å². The topological polar surface area (TPSA) is 70.3 Å². The fourth-order valence-electron chi connectivity index (χ4n) is 1.81. The van der Waals surface area contributed by atoms with Crippen LogP contribution in [0.3, 0.4) is 0 Å². The highest BCUT2D eigenvalue weighted by Crippen LogP contribution is 2.37. The van der Waals surface area contributed by atoms with Crippen LogP contribution in [0.4, 0.5) is 13.2 Å². The van der Waals surface area contributed by atoms with Crippen LogP contribution in [-0.2, 0) is 6.18 Å². The van der Waals surface area contributed by atoms with Crippen LogP contribution in [0.2, 0.25) is 0 Å². The van der Waals surface area contributed by atoms with Crippen molar-refractivity contribution in [3.63, 3.8) is 0 Å². The standard InChI is InChI=1S/C15H10F3N3O3/c1-9-20-14(24-21-9)23-11-4-2-10(3-5-11)22-13-6-7-19-8-12(13)15(16,17)18/h2-8H,1H3. The van der Waals surface area contributed by atoms with Gasteiger partial charge in [0.1, 0.15) is 22.8 Å². The van der Waals surface area contributed by atoms with Crippen LogP contribution >= 0.6 is 0 Å². The van der Waals surface area contributed by atoms with Gasteiger partial charge in [0.15, 0.2) is 5.82 Å². The van der Waals surface area contributed by atoms with Crippen molar-refractivity contribution >= 4 is 0 Å². The number of rotatable bonds is 4. The number of hydrogen-bond acceptors (Lipinski definition) is 6. The van der Waals surface area contributed by atoms with E-state index in [4.69, 9.17) is 14.0 Å². The number of pyridine rings is 1. The van der Waals surface area contributed by atoms with Crippen LogP contribution in [-0.4, -0.2) is 15.1 Å². The van der Waals surface area contributed by atoms with Crippen molar-refractivity contribution in [2.75, 3.05) is 0 Å². The van der Waals surface area contributed by atoms with E-state index in [1.54, 1.807) is 6.92 Å². The molecule has 124 valence electrons. The van der Waals surface area contributed by atoms with Gasteiger partial charge in [-0.15, -0.1) is 0 Å². The lowest BCUT2D eigenvalue weighted by Crippen LogP contribution is -2.07. The van der Waals surface area contributed by atoms with E-state index in [1.807, 2.05) is 0 Å². The van der Waals surface area contributed by atoms with Gasteiger partial charge in [0.2, 0.25) is 0 Å². The van der Waals surface area contributed by atoms with Crippen LogP contribution in [0, 0.1) is 6.92 Å². The number of hydrogen-bond donors (Lipinski definition) is 0. The molecule has 0 unspecified atom stereocenters. The van der Waals surface area contributed by atoms with Gasteiger partial charge in [0.25, 0.3) is 0 Å². The molecule has 0 saturated heterocycles. The summed E-state index contributed by atoms with van der Waals surface area (Å²) in [5, 5.41) is 3.57. The molecule has 0 aliphatic heterocycles. The molecular weight excluding hydrogens is 327 g/mol. The number of aryl methyl sites for hydroxylation is 1.